The molecule has 0 saturated carbocycles. The Balaban J connectivity index is 1.54. The third-order valence-electron chi connectivity index (χ3n) is 6.49. The predicted octanol–water partition coefficient (Wildman–Crippen LogP) is 5.03. The molecule has 190 valence electrons. The highest BCUT2D eigenvalue weighted by Gasteiger charge is 2.20. The van der Waals surface area contributed by atoms with Gasteiger partial charge in [0.25, 0.3) is 0 Å². The number of carbonyl (C=O) groups is 1. The Hall–Kier alpha value is -4.01. The third kappa shape index (κ3) is 5.87. The number of ether oxygens (including phenoxy) is 1. The smallest absolute Gasteiger partial charge is 0.303 e. The van der Waals surface area contributed by atoms with Crippen LogP contribution in [0.25, 0.3) is 10.9 Å². The van der Waals surface area contributed by atoms with Gasteiger partial charge in [0.15, 0.2) is 5.88 Å². The zero-order chi connectivity index (χ0) is 25.8. The van der Waals surface area contributed by atoms with Gasteiger partial charge < -0.3 is 19.9 Å². The van der Waals surface area contributed by atoms with Crippen molar-refractivity contribution in [2.24, 2.45) is 4.99 Å². The molecule has 3 N–H and O–H groups in total. The molecule has 4 aromatic rings. The van der Waals surface area contributed by atoms with Gasteiger partial charge in [-0.3, -0.25) is 9.69 Å². The average Bonchev–Trinajstić information content (AvgIpc) is 3.22. The second kappa shape index (κ2) is 10.9. The number of morpholine rings is 1. The Morgan fingerprint density at radius 3 is 2.57 bits per heavy atom. The SMILES string of the molecule is O=C(O)CCc1cccc(C(=Nc2ccc(CN3CCOCC3)cc2)c2c(O)[nH]c3cc(F)ccc23)c1. The number of aromatic amines is 1. The van der Waals surface area contributed by atoms with Gasteiger partial charge in [-0.2, -0.15) is 0 Å². The number of halogens is 1. The molecule has 0 amide bonds. The number of aryl methyl sites for hydroxylation is 1. The number of hydrogen-bond acceptors (Lipinski definition) is 5. The number of nitrogens with zero attached hydrogens (tertiary/aromatic N) is 2. The zero-order valence-corrected chi connectivity index (χ0v) is 20.3. The molecular formula is C29H28FN3O4. The highest BCUT2D eigenvalue weighted by atomic mass is 19.1. The van der Waals surface area contributed by atoms with E-state index in [9.17, 15) is 14.3 Å². The first-order chi connectivity index (χ1) is 18.0. The molecule has 8 heteroatoms. The molecule has 7 nitrogen and oxygen atoms in total. The van der Waals surface area contributed by atoms with Crippen LogP contribution in [0.5, 0.6) is 5.88 Å². The second-order valence-electron chi connectivity index (χ2n) is 9.15. The molecular weight excluding hydrogens is 473 g/mol. The average molecular weight is 502 g/mol. The molecule has 5 rings (SSSR count). The number of H-pyrrole nitrogens is 1. The summed E-state index contributed by atoms with van der Waals surface area (Å²) < 4.78 is 19.3. The summed E-state index contributed by atoms with van der Waals surface area (Å²) in [5.41, 5.74) is 4.87. The summed E-state index contributed by atoms with van der Waals surface area (Å²) in [5.74, 6) is -1.39. The van der Waals surface area contributed by atoms with Gasteiger partial charge in [-0.25, -0.2) is 9.38 Å². The van der Waals surface area contributed by atoms with E-state index < -0.39 is 11.8 Å². The minimum Gasteiger partial charge on any atom is -0.494 e. The molecule has 0 unspecified atom stereocenters. The lowest BCUT2D eigenvalue weighted by Crippen LogP contribution is -2.35. The van der Waals surface area contributed by atoms with Crippen molar-refractivity contribution in [3.8, 4) is 5.88 Å². The molecule has 0 bridgehead atoms. The zero-order valence-electron chi connectivity index (χ0n) is 20.3. The van der Waals surface area contributed by atoms with Crippen LogP contribution in [0.1, 0.15) is 28.7 Å². The maximum atomic E-state index is 13.9. The minimum absolute atomic E-state index is 0.0121. The van der Waals surface area contributed by atoms with E-state index in [2.05, 4.69) is 9.88 Å². The summed E-state index contributed by atoms with van der Waals surface area (Å²) in [4.78, 5) is 21.2. The van der Waals surface area contributed by atoms with Crippen molar-refractivity contribution in [1.82, 2.24) is 9.88 Å². The number of nitrogens with one attached hydrogen (secondary N) is 1. The van der Waals surface area contributed by atoms with Gasteiger partial charge >= 0.3 is 5.97 Å². The van der Waals surface area contributed by atoms with Crippen LogP contribution in [0.4, 0.5) is 10.1 Å². The van der Waals surface area contributed by atoms with Crippen molar-refractivity contribution in [3.63, 3.8) is 0 Å². The van der Waals surface area contributed by atoms with Crippen molar-refractivity contribution in [3.05, 3.63) is 94.8 Å². The summed E-state index contributed by atoms with van der Waals surface area (Å²) >= 11 is 0. The fourth-order valence-electron chi connectivity index (χ4n) is 4.61. The molecule has 1 fully saturated rings. The monoisotopic (exact) mass is 501 g/mol. The molecule has 2 heterocycles. The van der Waals surface area contributed by atoms with Crippen LogP contribution in [0, 0.1) is 5.82 Å². The summed E-state index contributed by atoms with van der Waals surface area (Å²) in [7, 11) is 0. The number of carboxylic acids is 1. The number of aromatic nitrogens is 1. The Morgan fingerprint density at radius 2 is 1.81 bits per heavy atom. The van der Waals surface area contributed by atoms with E-state index in [1.54, 1.807) is 6.07 Å². The van der Waals surface area contributed by atoms with Gasteiger partial charge in [-0.05, 0) is 53.9 Å². The number of aliphatic carboxylic acids is 1. The highest BCUT2D eigenvalue weighted by Crippen LogP contribution is 2.32. The van der Waals surface area contributed by atoms with E-state index in [0.717, 1.165) is 44.0 Å². The van der Waals surface area contributed by atoms with E-state index in [4.69, 9.17) is 14.8 Å². The van der Waals surface area contributed by atoms with Crippen molar-refractivity contribution in [2.75, 3.05) is 26.3 Å². The Morgan fingerprint density at radius 1 is 1.03 bits per heavy atom. The van der Waals surface area contributed by atoms with E-state index in [1.807, 2.05) is 48.5 Å². The van der Waals surface area contributed by atoms with Gasteiger partial charge in [0.1, 0.15) is 5.82 Å². The summed E-state index contributed by atoms with van der Waals surface area (Å²) in [6, 6.07) is 19.7. The summed E-state index contributed by atoms with van der Waals surface area (Å²) in [6.07, 6.45) is 0.385. The predicted molar refractivity (Wildman–Crippen MR) is 140 cm³/mol. The number of hydrogen-bond donors (Lipinski definition) is 3. The Bertz CT molecular complexity index is 1440. The maximum absolute atomic E-state index is 13.9. The lowest BCUT2D eigenvalue weighted by molar-refractivity contribution is -0.136. The molecule has 0 aliphatic carbocycles. The van der Waals surface area contributed by atoms with Crippen LogP contribution in [0.2, 0.25) is 0 Å². The first kappa shape index (κ1) is 24.7. The highest BCUT2D eigenvalue weighted by molar-refractivity contribution is 6.21. The molecule has 1 aliphatic rings. The molecule has 1 saturated heterocycles. The van der Waals surface area contributed by atoms with Crippen LogP contribution < -0.4 is 0 Å². The number of rotatable bonds is 8. The quantitative estimate of drug-likeness (QED) is 0.294. The topological polar surface area (TPSA) is 98.2 Å². The van der Waals surface area contributed by atoms with E-state index in [0.29, 0.717) is 34.3 Å². The van der Waals surface area contributed by atoms with Crippen molar-refractivity contribution >= 4 is 28.3 Å². The van der Waals surface area contributed by atoms with Crippen molar-refractivity contribution in [1.29, 1.82) is 0 Å². The lowest BCUT2D eigenvalue weighted by Gasteiger charge is -2.26. The van der Waals surface area contributed by atoms with Gasteiger partial charge in [-0.1, -0.05) is 30.3 Å². The first-order valence-electron chi connectivity index (χ1n) is 12.3. The molecule has 0 atom stereocenters. The molecule has 0 spiro atoms. The second-order valence-corrected chi connectivity index (χ2v) is 9.15. The van der Waals surface area contributed by atoms with Crippen molar-refractivity contribution < 1.29 is 24.1 Å². The van der Waals surface area contributed by atoms with E-state index >= 15 is 0 Å². The maximum Gasteiger partial charge on any atom is 0.303 e. The largest absolute Gasteiger partial charge is 0.494 e. The van der Waals surface area contributed by atoms with Crippen LogP contribution in [-0.2, 0) is 22.5 Å². The first-order valence-corrected chi connectivity index (χ1v) is 12.3. The van der Waals surface area contributed by atoms with E-state index in [-0.39, 0.29) is 12.3 Å². The number of aliphatic imine (C=N–C) groups is 1. The fraction of sp³-hybridized carbons (Fsp3) is 0.241. The van der Waals surface area contributed by atoms with Crippen molar-refractivity contribution in [2.45, 2.75) is 19.4 Å². The molecule has 37 heavy (non-hydrogen) atoms. The van der Waals surface area contributed by atoms with Crippen LogP contribution >= 0.6 is 0 Å². The number of fused-ring (bicyclic) bond motifs is 1. The van der Waals surface area contributed by atoms with E-state index in [1.165, 1.54) is 17.7 Å². The van der Waals surface area contributed by atoms with Crippen LogP contribution in [-0.4, -0.2) is 58.1 Å². The third-order valence-corrected chi connectivity index (χ3v) is 6.49. The Labute approximate surface area is 213 Å². The van der Waals surface area contributed by atoms with Crippen LogP contribution in [0.15, 0.2) is 71.7 Å². The number of benzene rings is 3. The fourth-order valence-corrected chi connectivity index (χ4v) is 4.61. The Kier molecular flexibility index (Phi) is 7.30. The molecule has 0 radical (unpaired) electrons. The van der Waals surface area contributed by atoms with Gasteiger partial charge in [0.2, 0.25) is 0 Å². The van der Waals surface area contributed by atoms with Gasteiger partial charge in [0, 0.05) is 37.0 Å². The summed E-state index contributed by atoms with van der Waals surface area (Å²) in [6.45, 7) is 4.14. The molecule has 1 aromatic heterocycles. The van der Waals surface area contributed by atoms with Crippen LogP contribution in [0.3, 0.4) is 0 Å². The molecule has 1 aliphatic heterocycles. The minimum atomic E-state index is -0.868. The standard InChI is InChI=1S/C29H28FN3O4/c30-22-7-10-24-25(17-22)32-29(36)27(24)28(21-3-1-2-19(16-21)6-11-26(34)35)31-23-8-4-20(5-9-23)18-33-12-14-37-15-13-33/h1-5,7-10,16-17,32,36H,6,11-15,18H2,(H,34,35). The number of carboxylic acid groups (broad SMARTS) is 1. The van der Waals surface area contributed by atoms with Gasteiger partial charge in [0.05, 0.1) is 35.7 Å². The summed E-state index contributed by atoms with van der Waals surface area (Å²) in [5, 5.41) is 20.6. The van der Waals surface area contributed by atoms with Gasteiger partial charge in [-0.15, -0.1) is 0 Å². The lowest BCUT2D eigenvalue weighted by atomic mass is 9.97. The molecule has 3 aromatic carbocycles. The number of aromatic hydroxyl groups is 1. The normalized spacial score (nSPS) is 14.8.